The monoisotopic (exact) mass is 367 g/mol. The van der Waals surface area contributed by atoms with E-state index in [9.17, 15) is 17.6 Å². The molecule has 1 nitrogen and oxygen atoms in total. The molecule has 0 bridgehead atoms. The van der Waals surface area contributed by atoms with E-state index in [1.54, 1.807) is 12.1 Å². The first-order chi connectivity index (χ1) is 9.79. The molecule has 0 saturated heterocycles. The van der Waals surface area contributed by atoms with Gasteiger partial charge < -0.3 is 5.73 Å². The summed E-state index contributed by atoms with van der Waals surface area (Å²) in [6, 6.07) is 3.76. The van der Waals surface area contributed by atoms with Gasteiger partial charge in [-0.15, -0.1) is 0 Å². The van der Waals surface area contributed by atoms with Gasteiger partial charge in [-0.2, -0.15) is 13.2 Å². The molecule has 21 heavy (non-hydrogen) atoms. The molecule has 0 heterocycles. The Labute approximate surface area is 130 Å². The van der Waals surface area contributed by atoms with Gasteiger partial charge in [0.15, 0.2) is 0 Å². The second kappa shape index (κ2) is 6.65. The van der Waals surface area contributed by atoms with Gasteiger partial charge in [0, 0.05) is 10.5 Å². The zero-order valence-electron chi connectivity index (χ0n) is 11.5. The van der Waals surface area contributed by atoms with Gasteiger partial charge in [0.1, 0.15) is 5.82 Å². The Morgan fingerprint density at radius 2 is 1.90 bits per heavy atom. The van der Waals surface area contributed by atoms with Crippen LogP contribution in [-0.4, -0.2) is 12.2 Å². The molecular formula is C15H18BrF4N. The predicted octanol–water partition coefficient (Wildman–Crippen LogP) is 4.83. The zero-order chi connectivity index (χ0) is 15.6. The molecule has 2 N–H and O–H groups in total. The highest BCUT2D eigenvalue weighted by Crippen LogP contribution is 2.43. The molecule has 2 rings (SSSR count). The van der Waals surface area contributed by atoms with Crippen molar-refractivity contribution in [3.05, 3.63) is 34.1 Å². The minimum atomic E-state index is -4.22. The molecule has 1 aromatic carbocycles. The van der Waals surface area contributed by atoms with Gasteiger partial charge in [-0.1, -0.05) is 28.8 Å². The summed E-state index contributed by atoms with van der Waals surface area (Å²) in [4.78, 5) is 0. The van der Waals surface area contributed by atoms with Crippen LogP contribution in [0.5, 0.6) is 0 Å². The lowest BCUT2D eigenvalue weighted by Gasteiger charge is -2.36. The topological polar surface area (TPSA) is 26.0 Å². The van der Waals surface area contributed by atoms with Crippen molar-refractivity contribution in [2.45, 2.75) is 44.3 Å². The first-order valence-electron chi connectivity index (χ1n) is 7.05. The SMILES string of the molecule is NC(Cc1cc(Br)ccc1F)C1CCCCC1C(F)(F)F. The average Bonchev–Trinajstić information content (AvgIpc) is 2.42. The van der Waals surface area contributed by atoms with Crippen LogP contribution in [0.2, 0.25) is 0 Å². The molecule has 0 radical (unpaired) electrons. The van der Waals surface area contributed by atoms with Crippen molar-refractivity contribution in [1.82, 2.24) is 0 Å². The minimum Gasteiger partial charge on any atom is -0.327 e. The van der Waals surface area contributed by atoms with E-state index in [0.717, 1.165) is 6.42 Å². The number of hydrogen-bond acceptors (Lipinski definition) is 1. The number of rotatable bonds is 3. The third-order valence-corrected chi connectivity index (χ3v) is 4.75. The Morgan fingerprint density at radius 3 is 2.57 bits per heavy atom. The molecule has 0 aliphatic heterocycles. The zero-order valence-corrected chi connectivity index (χ0v) is 13.1. The Hall–Kier alpha value is -0.620. The number of halogens is 5. The lowest BCUT2D eigenvalue weighted by molar-refractivity contribution is -0.198. The molecule has 1 saturated carbocycles. The molecule has 3 atom stereocenters. The summed E-state index contributed by atoms with van der Waals surface area (Å²) >= 11 is 3.24. The second-order valence-corrected chi connectivity index (χ2v) is 6.62. The Kier molecular flexibility index (Phi) is 5.30. The minimum absolute atomic E-state index is 0.127. The van der Waals surface area contributed by atoms with E-state index in [2.05, 4.69) is 15.9 Å². The molecular weight excluding hydrogens is 350 g/mol. The van der Waals surface area contributed by atoms with Gasteiger partial charge in [0.25, 0.3) is 0 Å². The fraction of sp³-hybridized carbons (Fsp3) is 0.600. The van der Waals surface area contributed by atoms with Crippen LogP contribution in [0.15, 0.2) is 22.7 Å². The first-order valence-corrected chi connectivity index (χ1v) is 7.84. The highest BCUT2D eigenvalue weighted by Gasteiger charge is 2.47. The van der Waals surface area contributed by atoms with Crippen molar-refractivity contribution in [3.63, 3.8) is 0 Å². The van der Waals surface area contributed by atoms with Gasteiger partial charge >= 0.3 is 6.18 Å². The van der Waals surface area contributed by atoms with E-state index < -0.39 is 29.9 Å². The smallest absolute Gasteiger partial charge is 0.327 e. The second-order valence-electron chi connectivity index (χ2n) is 5.70. The summed E-state index contributed by atoms with van der Waals surface area (Å²) in [5.41, 5.74) is 6.37. The molecule has 1 aliphatic rings. The van der Waals surface area contributed by atoms with Crippen LogP contribution in [0.25, 0.3) is 0 Å². The van der Waals surface area contributed by atoms with Crippen molar-refractivity contribution >= 4 is 15.9 Å². The Balaban J connectivity index is 2.14. The van der Waals surface area contributed by atoms with Crippen LogP contribution in [-0.2, 0) is 6.42 Å². The molecule has 1 aromatic rings. The van der Waals surface area contributed by atoms with E-state index in [0.29, 0.717) is 22.9 Å². The maximum atomic E-state index is 13.7. The first kappa shape index (κ1) is 16.7. The quantitative estimate of drug-likeness (QED) is 0.761. The summed E-state index contributed by atoms with van der Waals surface area (Å²) in [6.45, 7) is 0. The maximum absolute atomic E-state index is 13.7. The van der Waals surface area contributed by atoms with E-state index in [1.807, 2.05) is 0 Å². The van der Waals surface area contributed by atoms with Crippen LogP contribution in [0.1, 0.15) is 31.2 Å². The van der Waals surface area contributed by atoms with E-state index in [4.69, 9.17) is 5.73 Å². The lowest BCUT2D eigenvalue weighted by Crippen LogP contribution is -2.44. The van der Waals surface area contributed by atoms with Crippen LogP contribution >= 0.6 is 15.9 Å². The fourth-order valence-corrected chi connectivity index (χ4v) is 3.59. The summed E-state index contributed by atoms with van der Waals surface area (Å²) in [5.74, 6) is -2.42. The van der Waals surface area contributed by atoms with Gasteiger partial charge in [-0.25, -0.2) is 4.39 Å². The fourth-order valence-electron chi connectivity index (χ4n) is 3.18. The summed E-state index contributed by atoms with van der Waals surface area (Å²) in [5, 5.41) is 0. The summed E-state index contributed by atoms with van der Waals surface area (Å²) in [7, 11) is 0. The van der Waals surface area contributed by atoms with Crippen molar-refractivity contribution < 1.29 is 17.6 Å². The van der Waals surface area contributed by atoms with Crippen molar-refractivity contribution in [3.8, 4) is 0 Å². The van der Waals surface area contributed by atoms with Gasteiger partial charge in [0.05, 0.1) is 5.92 Å². The number of benzene rings is 1. The standard InChI is InChI=1S/C15H18BrF4N/c16-10-5-6-13(17)9(7-10)8-14(21)11-3-1-2-4-12(11)15(18,19)20/h5-7,11-12,14H,1-4,8,21H2. The highest BCUT2D eigenvalue weighted by atomic mass is 79.9. The average molecular weight is 368 g/mol. The Morgan fingerprint density at radius 1 is 1.24 bits per heavy atom. The molecule has 6 heteroatoms. The maximum Gasteiger partial charge on any atom is 0.392 e. The van der Waals surface area contributed by atoms with Crippen molar-refractivity contribution in [1.29, 1.82) is 0 Å². The number of nitrogens with two attached hydrogens (primary N) is 1. The van der Waals surface area contributed by atoms with Gasteiger partial charge in [-0.3, -0.25) is 0 Å². The third kappa shape index (κ3) is 4.19. The lowest BCUT2D eigenvalue weighted by atomic mass is 9.73. The van der Waals surface area contributed by atoms with Crippen LogP contribution in [0, 0.1) is 17.7 Å². The van der Waals surface area contributed by atoms with Crippen LogP contribution in [0.4, 0.5) is 17.6 Å². The largest absolute Gasteiger partial charge is 0.392 e. The van der Waals surface area contributed by atoms with Crippen LogP contribution < -0.4 is 5.73 Å². The van der Waals surface area contributed by atoms with E-state index in [-0.39, 0.29) is 12.8 Å². The number of hydrogen-bond donors (Lipinski definition) is 1. The molecule has 0 spiro atoms. The van der Waals surface area contributed by atoms with E-state index in [1.165, 1.54) is 6.07 Å². The predicted molar refractivity (Wildman–Crippen MR) is 77.3 cm³/mol. The van der Waals surface area contributed by atoms with Crippen molar-refractivity contribution in [2.75, 3.05) is 0 Å². The molecule has 3 unspecified atom stereocenters. The normalized spacial score (nSPS) is 24.9. The van der Waals surface area contributed by atoms with Crippen molar-refractivity contribution in [2.24, 2.45) is 17.6 Å². The summed E-state index contributed by atoms with van der Waals surface area (Å²) in [6.07, 6.45) is -2.17. The van der Waals surface area contributed by atoms with Gasteiger partial charge in [-0.05, 0) is 48.9 Å². The Bertz CT molecular complexity index is 489. The molecule has 0 amide bonds. The van der Waals surface area contributed by atoms with Crippen LogP contribution in [0.3, 0.4) is 0 Å². The van der Waals surface area contributed by atoms with Gasteiger partial charge in [0.2, 0.25) is 0 Å². The number of alkyl halides is 3. The molecule has 0 aromatic heterocycles. The summed E-state index contributed by atoms with van der Waals surface area (Å²) < 4.78 is 53.7. The molecule has 118 valence electrons. The van der Waals surface area contributed by atoms with E-state index >= 15 is 0 Å². The third-order valence-electron chi connectivity index (χ3n) is 4.25. The molecule has 1 aliphatic carbocycles. The highest BCUT2D eigenvalue weighted by molar-refractivity contribution is 9.10. The molecule has 1 fully saturated rings.